The number of hydrogen-bond acceptors (Lipinski definition) is 11. The van der Waals surface area contributed by atoms with E-state index in [4.69, 9.17) is 9.57 Å². The summed E-state index contributed by atoms with van der Waals surface area (Å²) >= 11 is 0. The summed E-state index contributed by atoms with van der Waals surface area (Å²) in [5.41, 5.74) is -4.44. The maximum atomic E-state index is 13.4. The number of ether oxygens (including phenoxy) is 1. The second kappa shape index (κ2) is 11.8. The Kier molecular flexibility index (Phi) is 8.32. The second-order valence-corrected chi connectivity index (χ2v) is 12.0. The van der Waals surface area contributed by atoms with Gasteiger partial charge in [0.05, 0.1) is 12.0 Å². The maximum absolute atomic E-state index is 13.4. The summed E-state index contributed by atoms with van der Waals surface area (Å²) < 4.78 is 110. The topological polar surface area (TPSA) is 131 Å². The molecule has 0 spiro atoms. The number of aryl methyl sites for hydroxylation is 1. The van der Waals surface area contributed by atoms with Crippen molar-refractivity contribution in [3.63, 3.8) is 0 Å². The predicted octanol–water partition coefficient (Wildman–Crippen LogP) is 4.49. The summed E-state index contributed by atoms with van der Waals surface area (Å²) in [4.78, 5) is 20.0. The Morgan fingerprint density at radius 3 is 2.36 bits per heavy atom. The highest BCUT2D eigenvalue weighted by molar-refractivity contribution is 7.92. The van der Waals surface area contributed by atoms with Crippen LogP contribution in [0.3, 0.4) is 0 Å². The molecule has 2 atom stereocenters. The van der Waals surface area contributed by atoms with Crippen molar-refractivity contribution in [3.8, 4) is 11.4 Å². The van der Waals surface area contributed by atoms with E-state index >= 15 is 0 Å². The van der Waals surface area contributed by atoms with Crippen LogP contribution in [-0.2, 0) is 19.5 Å². The molecule has 2 unspecified atom stereocenters. The SMILES string of the molecule is COc1cc(NC2=NN3CCCCC(c4ccc(S(=O)(=O)C(F)(F)F)cc4)C3N2OC(=O)C(F)(F)F)ccc1-n1cnc(C)n1. The van der Waals surface area contributed by atoms with E-state index in [0.717, 1.165) is 24.3 Å². The van der Waals surface area contributed by atoms with E-state index in [2.05, 4.69) is 20.5 Å². The number of nitrogens with zero attached hydrogens (tertiary/aromatic N) is 6. The number of guanidine groups is 1. The monoisotopic (exact) mass is 661 g/mol. The molecule has 1 aromatic heterocycles. The Morgan fingerprint density at radius 2 is 1.76 bits per heavy atom. The highest BCUT2D eigenvalue weighted by Crippen LogP contribution is 2.39. The number of halogens is 6. The molecule has 0 bridgehead atoms. The normalized spacial score (nSPS) is 19.1. The van der Waals surface area contributed by atoms with E-state index in [0.29, 0.717) is 47.2 Å². The number of anilines is 1. The van der Waals surface area contributed by atoms with Crippen LogP contribution in [0, 0.1) is 6.92 Å². The van der Waals surface area contributed by atoms with Crippen molar-refractivity contribution in [1.82, 2.24) is 24.8 Å². The first kappa shape index (κ1) is 31.9. The number of aromatic nitrogens is 3. The minimum absolute atomic E-state index is 0.237. The predicted molar refractivity (Wildman–Crippen MR) is 144 cm³/mol. The zero-order valence-electron chi connectivity index (χ0n) is 23.5. The lowest BCUT2D eigenvalue weighted by Crippen LogP contribution is -2.49. The van der Waals surface area contributed by atoms with E-state index in [9.17, 15) is 39.6 Å². The number of hydrazone groups is 1. The lowest BCUT2D eigenvalue weighted by molar-refractivity contribution is -0.235. The first-order valence-electron chi connectivity index (χ1n) is 13.3. The quantitative estimate of drug-likeness (QED) is 0.377. The van der Waals surface area contributed by atoms with E-state index in [1.54, 1.807) is 19.1 Å². The van der Waals surface area contributed by atoms with Crippen molar-refractivity contribution in [1.29, 1.82) is 0 Å². The number of benzene rings is 2. The van der Waals surface area contributed by atoms with Gasteiger partial charge in [0.1, 0.15) is 23.6 Å². The van der Waals surface area contributed by atoms with Crippen molar-refractivity contribution in [2.24, 2.45) is 5.10 Å². The second-order valence-electron chi connectivity index (χ2n) is 10.1. The fourth-order valence-electron chi connectivity index (χ4n) is 5.03. The molecule has 2 aliphatic heterocycles. The number of hydrogen-bond donors (Lipinski definition) is 1. The number of carbonyl (C=O) groups excluding carboxylic acids is 1. The highest BCUT2D eigenvalue weighted by atomic mass is 32.2. The number of alkyl halides is 6. The molecule has 3 aromatic rings. The van der Waals surface area contributed by atoms with Crippen molar-refractivity contribution >= 4 is 27.5 Å². The van der Waals surface area contributed by atoms with Crippen LogP contribution in [0.4, 0.5) is 32.0 Å². The Balaban J connectivity index is 1.49. The van der Waals surface area contributed by atoms with Crippen LogP contribution < -0.4 is 10.1 Å². The average Bonchev–Trinajstić information content (AvgIpc) is 3.47. The minimum atomic E-state index is -5.63. The third-order valence-corrected chi connectivity index (χ3v) is 8.62. The largest absolute Gasteiger partial charge is 0.501 e. The first-order valence-corrected chi connectivity index (χ1v) is 14.8. The third-order valence-electron chi connectivity index (χ3n) is 7.11. The van der Waals surface area contributed by atoms with Gasteiger partial charge in [-0.15, -0.1) is 10.2 Å². The molecule has 242 valence electrons. The third kappa shape index (κ3) is 6.34. The average molecular weight is 662 g/mol. The molecule has 0 amide bonds. The number of hydroxylamine groups is 2. The first-order chi connectivity index (χ1) is 21.1. The van der Waals surface area contributed by atoms with Crippen molar-refractivity contribution in [2.45, 2.75) is 54.8 Å². The standard InChI is InChI=1S/C26H25F6N7O5S/c1-15-33-14-38(35-15)20-11-8-17(13-21(20)43-2)34-24-36-37-12-4-3-5-19(22(37)39(24)44-23(40)25(27,28)29)16-6-9-18(10-7-16)45(41,42)26(30,31)32/h6-11,13-14,19,22H,3-5,12H2,1-2H3,(H,34,36). The number of methoxy groups -OCH3 is 1. The van der Waals surface area contributed by atoms with Crippen LogP contribution in [0.25, 0.3) is 5.69 Å². The van der Waals surface area contributed by atoms with Gasteiger partial charge in [0, 0.05) is 24.2 Å². The molecule has 0 saturated carbocycles. The molecule has 2 aromatic carbocycles. The van der Waals surface area contributed by atoms with Gasteiger partial charge in [-0.2, -0.15) is 31.4 Å². The van der Waals surface area contributed by atoms with Crippen LogP contribution in [0.15, 0.2) is 58.8 Å². The van der Waals surface area contributed by atoms with Crippen LogP contribution in [0.1, 0.15) is 36.6 Å². The van der Waals surface area contributed by atoms with Gasteiger partial charge in [0.2, 0.25) is 0 Å². The van der Waals surface area contributed by atoms with Gasteiger partial charge in [-0.25, -0.2) is 22.9 Å². The molecule has 0 radical (unpaired) electrons. The number of rotatable bonds is 6. The van der Waals surface area contributed by atoms with Gasteiger partial charge < -0.3 is 14.9 Å². The Bertz CT molecular complexity index is 1710. The lowest BCUT2D eigenvalue weighted by atomic mass is 9.91. The zero-order valence-corrected chi connectivity index (χ0v) is 24.3. The summed E-state index contributed by atoms with van der Waals surface area (Å²) in [6.07, 6.45) is -3.69. The Hall–Kier alpha value is -4.55. The van der Waals surface area contributed by atoms with Crippen molar-refractivity contribution < 1.29 is 49.1 Å². The molecular formula is C26H25F6N7O5S. The molecule has 12 nitrogen and oxygen atoms in total. The Morgan fingerprint density at radius 1 is 1.04 bits per heavy atom. The van der Waals surface area contributed by atoms with Crippen LogP contribution in [0.5, 0.6) is 5.75 Å². The van der Waals surface area contributed by atoms with Crippen LogP contribution in [0.2, 0.25) is 0 Å². The van der Waals surface area contributed by atoms with E-state index in [1.165, 1.54) is 29.2 Å². The molecule has 1 fully saturated rings. The van der Waals surface area contributed by atoms with Gasteiger partial charge in [-0.1, -0.05) is 18.6 Å². The molecule has 45 heavy (non-hydrogen) atoms. The van der Waals surface area contributed by atoms with Gasteiger partial charge in [-0.05, 0) is 49.6 Å². The molecule has 2 aliphatic rings. The fraction of sp³-hybridized carbons (Fsp3) is 0.385. The minimum Gasteiger partial charge on any atom is -0.494 e. The lowest BCUT2D eigenvalue weighted by Gasteiger charge is -2.34. The zero-order chi connectivity index (χ0) is 32.7. The molecule has 1 N–H and O–H groups in total. The molecular weight excluding hydrogens is 636 g/mol. The molecule has 0 aliphatic carbocycles. The van der Waals surface area contributed by atoms with E-state index in [-0.39, 0.29) is 18.2 Å². The molecule has 1 saturated heterocycles. The van der Waals surface area contributed by atoms with Gasteiger partial charge in [0.15, 0.2) is 6.17 Å². The summed E-state index contributed by atoms with van der Waals surface area (Å²) in [5.74, 6) is -2.77. The number of carbonyl (C=O) groups is 1. The molecule has 3 heterocycles. The number of fused-ring (bicyclic) bond motifs is 1. The van der Waals surface area contributed by atoms with Gasteiger partial charge >= 0.3 is 17.7 Å². The fourth-order valence-corrected chi connectivity index (χ4v) is 5.79. The van der Waals surface area contributed by atoms with Crippen molar-refractivity contribution in [3.05, 3.63) is 60.2 Å². The number of sulfone groups is 1. The summed E-state index contributed by atoms with van der Waals surface area (Å²) in [7, 11) is -4.23. The molecule has 5 rings (SSSR count). The van der Waals surface area contributed by atoms with E-state index < -0.39 is 44.5 Å². The summed E-state index contributed by atoms with van der Waals surface area (Å²) in [6, 6.07) is 8.53. The van der Waals surface area contributed by atoms with Gasteiger partial charge in [0.25, 0.3) is 15.8 Å². The Labute approximate surface area is 252 Å². The van der Waals surface area contributed by atoms with E-state index in [1.807, 2.05) is 0 Å². The maximum Gasteiger partial charge on any atom is 0.501 e. The summed E-state index contributed by atoms with van der Waals surface area (Å²) in [6.45, 7) is 1.93. The molecule has 19 heteroatoms. The van der Waals surface area contributed by atoms with Gasteiger partial charge in [-0.3, -0.25) is 5.01 Å². The summed E-state index contributed by atoms with van der Waals surface area (Å²) in [5, 5.41) is 13.6. The highest BCUT2D eigenvalue weighted by Gasteiger charge is 2.50. The number of nitrogens with one attached hydrogen (secondary N) is 1. The van der Waals surface area contributed by atoms with Crippen LogP contribution in [-0.4, -0.2) is 76.7 Å². The smallest absolute Gasteiger partial charge is 0.494 e. The van der Waals surface area contributed by atoms with Crippen molar-refractivity contribution in [2.75, 3.05) is 19.0 Å². The van der Waals surface area contributed by atoms with Crippen LogP contribution >= 0.6 is 0 Å².